The summed E-state index contributed by atoms with van der Waals surface area (Å²) in [5.74, 6) is 1.28. The third kappa shape index (κ3) is 4.61. The van der Waals surface area contributed by atoms with Crippen LogP contribution in [0.5, 0.6) is 0 Å². The Kier molecular flexibility index (Phi) is 6.71. The second kappa shape index (κ2) is 10.0. The standard InChI is InChI=1S/C25H33N5O4/c1-2-34-25(32)29-13-9-18(10-14-29)22-19(8-7-17-11-15-33-16-12-17)23(31)30(28-22)24-26-20-5-3-4-6-21(20)27-24/h3-6,17-18,28H,2,7-16H2,1H3,(H,26,27). The number of carbonyl (C=O) groups excluding carboxylic acids is 1. The minimum Gasteiger partial charge on any atom is -0.450 e. The number of para-hydroxylation sites is 2. The molecule has 1 amide bonds. The third-order valence-corrected chi connectivity index (χ3v) is 7.18. The van der Waals surface area contributed by atoms with Crippen molar-refractivity contribution in [1.82, 2.24) is 24.6 Å². The van der Waals surface area contributed by atoms with Crippen LogP contribution in [0.2, 0.25) is 0 Å². The van der Waals surface area contributed by atoms with Crippen molar-refractivity contribution in [3.8, 4) is 5.95 Å². The van der Waals surface area contributed by atoms with Gasteiger partial charge in [0.15, 0.2) is 0 Å². The minimum absolute atomic E-state index is 0.0334. The highest BCUT2D eigenvalue weighted by Gasteiger charge is 2.30. The molecule has 0 saturated carbocycles. The molecule has 0 unspecified atom stereocenters. The molecule has 0 aliphatic carbocycles. The largest absolute Gasteiger partial charge is 0.450 e. The number of benzene rings is 1. The Labute approximate surface area is 198 Å². The number of fused-ring (bicyclic) bond motifs is 1. The van der Waals surface area contributed by atoms with Crippen LogP contribution in [0.3, 0.4) is 0 Å². The van der Waals surface area contributed by atoms with Gasteiger partial charge in [0.25, 0.3) is 5.56 Å². The molecule has 2 aliphatic heterocycles. The van der Waals surface area contributed by atoms with Crippen molar-refractivity contribution in [2.24, 2.45) is 5.92 Å². The number of nitrogens with zero attached hydrogens (tertiary/aromatic N) is 3. The lowest BCUT2D eigenvalue weighted by molar-refractivity contribution is 0.0639. The van der Waals surface area contributed by atoms with Crippen LogP contribution in [0.15, 0.2) is 29.1 Å². The zero-order chi connectivity index (χ0) is 23.5. The molecule has 1 aromatic carbocycles. The fraction of sp³-hybridized carbons (Fsp3) is 0.560. The first-order chi connectivity index (χ1) is 16.6. The fourth-order valence-electron chi connectivity index (χ4n) is 5.21. The maximum atomic E-state index is 13.6. The number of piperidine rings is 1. The lowest BCUT2D eigenvalue weighted by atomic mass is 9.88. The number of likely N-dealkylation sites (tertiary alicyclic amines) is 1. The van der Waals surface area contributed by atoms with Crippen molar-refractivity contribution in [2.45, 2.75) is 51.4 Å². The zero-order valence-corrected chi connectivity index (χ0v) is 19.7. The van der Waals surface area contributed by atoms with Crippen molar-refractivity contribution in [3.05, 3.63) is 45.9 Å². The van der Waals surface area contributed by atoms with Crippen molar-refractivity contribution in [2.75, 3.05) is 32.9 Å². The average Bonchev–Trinajstić information content (AvgIpc) is 3.44. The maximum Gasteiger partial charge on any atom is 0.409 e. The summed E-state index contributed by atoms with van der Waals surface area (Å²) in [5, 5.41) is 3.41. The first kappa shape index (κ1) is 22.7. The number of hydrogen-bond donors (Lipinski definition) is 2. The average molecular weight is 468 g/mol. The smallest absolute Gasteiger partial charge is 0.409 e. The molecule has 2 saturated heterocycles. The van der Waals surface area contributed by atoms with Gasteiger partial charge < -0.3 is 19.4 Å². The molecular formula is C25H33N5O4. The van der Waals surface area contributed by atoms with Crippen molar-refractivity contribution < 1.29 is 14.3 Å². The van der Waals surface area contributed by atoms with Crippen LogP contribution in [-0.4, -0.2) is 63.7 Å². The quantitative estimate of drug-likeness (QED) is 0.575. The molecule has 2 fully saturated rings. The molecule has 9 heteroatoms. The molecule has 3 aromatic rings. The Bertz CT molecular complexity index is 1150. The highest BCUT2D eigenvalue weighted by atomic mass is 16.6. The van der Waals surface area contributed by atoms with Gasteiger partial charge in [-0.3, -0.25) is 9.89 Å². The molecule has 34 heavy (non-hydrogen) atoms. The number of aromatic nitrogens is 4. The molecular weight excluding hydrogens is 434 g/mol. The summed E-state index contributed by atoms with van der Waals surface area (Å²) < 4.78 is 12.2. The molecule has 2 aliphatic rings. The van der Waals surface area contributed by atoms with E-state index in [0.29, 0.717) is 31.6 Å². The Balaban J connectivity index is 1.42. The summed E-state index contributed by atoms with van der Waals surface area (Å²) >= 11 is 0. The number of aromatic amines is 2. The van der Waals surface area contributed by atoms with Gasteiger partial charge in [-0.1, -0.05) is 12.1 Å². The number of rotatable bonds is 6. The van der Waals surface area contributed by atoms with Gasteiger partial charge in [0.05, 0.1) is 17.6 Å². The number of imidazole rings is 1. The number of hydrogen-bond acceptors (Lipinski definition) is 5. The zero-order valence-electron chi connectivity index (χ0n) is 19.7. The van der Waals surface area contributed by atoms with Crippen LogP contribution >= 0.6 is 0 Å². The number of carbonyl (C=O) groups is 1. The predicted molar refractivity (Wildman–Crippen MR) is 128 cm³/mol. The number of amides is 1. The molecule has 4 heterocycles. The van der Waals surface area contributed by atoms with Gasteiger partial charge in [-0.2, -0.15) is 4.68 Å². The van der Waals surface area contributed by atoms with E-state index in [2.05, 4.69) is 15.1 Å². The Morgan fingerprint density at radius 1 is 1.18 bits per heavy atom. The van der Waals surface area contributed by atoms with Crippen LogP contribution < -0.4 is 5.56 Å². The number of ether oxygens (including phenoxy) is 2. The van der Waals surface area contributed by atoms with E-state index in [9.17, 15) is 9.59 Å². The van der Waals surface area contributed by atoms with Crippen LogP contribution in [-0.2, 0) is 15.9 Å². The van der Waals surface area contributed by atoms with Crippen LogP contribution in [0.25, 0.3) is 17.0 Å². The topological polar surface area (TPSA) is 105 Å². The highest BCUT2D eigenvalue weighted by Crippen LogP contribution is 2.30. The summed E-state index contributed by atoms with van der Waals surface area (Å²) in [6, 6.07) is 7.77. The van der Waals surface area contributed by atoms with Crippen molar-refractivity contribution >= 4 is 17.1 Å². The molecule has 2 aromatic heterocycles. The van der Waals surface area contributed by atoms with Crippen LogP contribution in [0.1, 0.15) is 56.2 Å². The van der Waals surface area contributed by atoms with Gasteiger partial charge >= 0.3 is 6.09 Å². The Morgan fingerprint density at radius 2 is 1.94 bits per heavy atom. The predicted octanol–water partition coefficient (Wildman–Crippen LogP) is 3.74. The second-order valence-corrected chi connectivity index (χ2v) is 9.28. The Morgan fingerprint density at radius 3 is 2.68 bits per heavy atom. The van der Waals surface area contributed by atoms with E-state index in [-0.39, 0.29) is 17.6 Å². The molecule has 0 radical (unpaired) electrons. The van der Waals surface area contributed by atoms with E-state index in [0.717, 1.165) is 74.0 Å². The van der Waals surface area contributed by atoms with E-state index in [1.807, 2.05) is 31.2 Å². The van der Waals surface area contributed by atoms with E-state index < -0.39 is 0 Å². The van der Waals surface area contributed by atoms with E-state index in [4.69, 9.17) is 9.47 Å². The van der Waals surface area contributed by atoms with Gasteiger partial charge in [-0.05, 0) is 63.5 Å². The first-order valence-corrected chi connectivity index (χ1v) is 12.4. The molecule has 0 spiro atoms. The van der Waals surface area contributed by atoms with Crippen molar-refractivity contribution in [1.29, 1.82) is 0 Å². The lowest BCUT2D eigenvalue weighted by Gasteiger charge is -2.31. The normalized spacial score (nSPS) is 18.0. The fourth-order valence-corrected chi connectivity index (χ4v) is 5.21. The molecule has 182 valence electrons. The summed E-state index contributed by atoms with van der Waals surface area (Å²) in [7, 11) is 0. The van der Waals surface area contributed by atoms with Gasteiger partial charge in [0.2, 0.25) is 5.95 Å². The molecule has 0 atom stereocenters. The maximum absolute atomic E-state index is 13.6. The van der Waals surface area contributed by atoms with Gasteiger partial charge in [0.1, 0.15) is 0 Å². The van der Waals surface area contributed by atoms with Crippen LogP contribution in [0.4, 0.5) is 4.79 Å². The third-order valence-electron chi connectivity index (χ3n) is 7.18. The molecule has 0 bridgehead atoms. The highest BCUT2D eigenvalue weighted by molar-refractivity contribution is 5.75. The molecule has 2 N–H and O–H groups in total. The lowest BCUT2D eigenvalue weighted by Crippen LogP contribution is -2.38. The second-order valence-electron chi connectivity index (χ2n) is 9.28. The minimum atomic E-state index is -0.256. The van der Waals surface area contributed by atoms with Gasteiger partial charge in [-0.25, -0.2) is 9.78 Å². The monoisotopic (exact) mass is 467 g/mol. The molecule has 9 nitrogen and oxygen atoms in total. The summed E-state index contributed by atoms with van der Waals surface area (Å²) in [5.41, 5.74) is 3.52. The van der Waals surface area contributed by atoms with Crippen LogP contribution in [0, 0.1) is 5.92 Å². The van der Waals surface area contributed by atoms with E-state index >= 15 is 0 Å². The van der Waals surface area contributed by atoms with Gasteiger partial charge in [0, 0.05) is 43.5 Å². The van der Waals surface area contributed by atoms with E-state index in [1.165, 1.54) is 0 Å². The summed E-state index contributed by atoms with van der Waals surface area (Å²) in [6.07, 6.45) is 5.15. The van der Waals surface area contributed by atoms with Crippen molar-refractivity contribution in [3.63, 3.8) is 0 Å². The SMILES string of the molecule is CCOC(=O)N1CCC(c2[nH]n(-c3nc4ccccc4[nH]3)c(=O)c2CCC2CCOCC2)CC1. The molecule has 5 rings (SSSR count). The first-order valence-electron chi connectivity index (χ1n) is 12.4. The number of nitrogens with one attached hydrogen (secondary N) is 2. The Hall–Kier alpha value is -3.07. The summed E-state index contributed by atoms with van der Waals surface area (Å²) in [4.78, 5) is 35.4. The summed E-state index contributed by atoms with van der Waals surface area (Å²) in [6.45, 7) is 5.06. The number of H-pyrrole nitrogens is 2. The van der Waals surface area contributed by atoms with E-state index in [1.54, 1.807) is 9.58 Å². The van der Waals surface area contributed by atoms with Gasteiger partial charge in [-0.15, -0.1) is 0 Å².